The van der Waals surface area contributed by atoms with Crippen molar-refractivity contribution in [3.05, 3.63) is 70.3 Å². The molecule has 0 bridgehead atoms. The summed E-state index contributed by atoms with van der Waals surface area (Å²) in [6, 6.07) is 13.3. The number of ether oxygens (including phenoxy) is 1. The van der Waals surface area contributed by atoms with E-state index < -0.39 is 6.17 Å². The fourth-order valence-corrected chi connectivity index (χ4v) is 3.12. The molecule has 1 aliphatic heterocycles. The molecule has 2 aromatic carbocycles. The third kappa shape index (κ3) is 2.59. The Morgan fingerprint density at radius 2 is 1.88 bits per heavy atom. The van der Waals surface area contributed by atoms with Crippen LogP contribution in [-0.4, -0.2) is 27.6 Å². The van der Waals surface area contributed by atoms with Crippen LogP contribution in [0.3, 0.4) is 0 Å². The highest BCUT2D eigenvalue weighted by Crippen LogP contribution is 2.31. The van der Waals surface area contributed by atoms with Crippen molar-refractivity contribution in [1.29, 1.82) is 0 Å². The average Bonchev–Trinajstić information content (AvgIpc) is 2.95. The van der Waals surface area contributed by atoms with Gasteiger partial charge in [0.05, 0.1) is 18.5 Å². The molecule has 2 N–H and O–H groups in total. The zero-order chi connectivity index (χ0) is 17.6. The van der Waals surface area contributed by atoms with Crippen LogP contribution in [0.1, 0.15) is 28.9 Å². The van der Waals surface area contributed by atoms with Crippen molar-refractivity contribution in [2.24, 2.45) is 10.7 Å². The number of aryl methyl sites for hydroxylation is 1. The van der Waals surface area contributed by atoms with Crippen molar-refractivity contribution in [3.8, 4) is 11.4 Å². The summed E-state index contributed by atoms with van der Waals surface area (Å²) in [5, 5.41) is 9.03. The molecule has 0 fully saturated rings. The van der Waals surface area contributed by atoms with Crippen LogP contribution in [0.4, 0.5) is 0 Å². The molecule has 1 unspecified atom stereocenters. The first-order valence-corrected chi connectivity index (χ1v) is 8.16. The van der Waals surface area contributed by atoms with E-state index >= 15 is 0 Å². The second-order valence-corrected chi connectivity index (χ2v) is 6.19. The van der Waals surface area contributed by atoms with Crippen molar-refractivity contribution in [1.82, 2.24) is 14.8 Å². The molecule has 1 atom stereocenters. The first-order valence-electron chi connectivity index (χ1n) is 7.78. The Kier molecular flexibility index (Phi) is 3.78. The highest BCUT2D eigenvalue weighted by atomic mass is 35.5. The maximum Gasteiger partial charge on any atom is 0.177 e. The van der Waals surface area contributed by atoms with Gasteiger partial charge in [0.1, 0.15) is 11.6 Å². The van der Waals surface area contributed by atoms with Crippen molar-refractivity contribution in [2.45, 2.75) is 13.1 Å². The van der Waals surface area contributed by atoms with E-state index in [4.69, 9.17) is 27.1 Å². The summed E-state index contributed by atoms with van der Waals surface area (Å²) in [5.41, 5.74) is 9.81. The van der Waals surface area contributed by atoms with Gasteiger partial charge in [-0.3, -0.25) is 9.56 Å². The Morgan fingerprint density at radius 1 is 1.12 bits per heavy atom. The number of halogens is 1. The number of aromatic nitrogens is 3. The third-order valence-electron chi connectivity index (χ3n) is 4.20. The molecule has 0 saturated carbocycles. The van der Waals surface area contributed by atoms with E-state index in [0.29, 0.717) is 10.8 Å². The number of nitrogens with two attached hydrogens (primary N) is 1. The number of methoxy groups -OCH3 is 1. The van der Waals surface area contributed by atoms with Gasteiger partial charge in [-0.2, -0.15) is 0 Å². The minimum Gasteiger partial charge on any atom is -0.497 e. The zero-order valence-electron chi connectivity index (χ0n) is 13.8. The Balaban J connectivity index is 2.02. The molecule has 0 aliphatic carbocycles. The Labute approximate surface area is 149 Å². The minimum absolute atomic E-state index is 0.605. The molecule has 2 heterocycles. The first kappa shape index (κ1) is 15.8. The monoisotopic (exact) mass is 353 g/mol. The first-order chi connectivity index (χ1) is 12.1. The molecular formula is C18H16ClN5O. The van der Waals surface area contributed by atoms with E-state index in [-0.39, 0.29) is 0 Å². The molecule has 6 nitrogen and oxygen atoms in total. The number of benzene rings is 2. The number of hydrogen-bond acceptors (Lipinski definition) is 5. The zero-order valence-corrected chi connectivity index (χ0v) is 14.5. The van der Waals surface area contributed by atoms with Crippen LogP contribution in [0, 0.1) is 6.92 Å². The predicted molar refractivity (Wildman–Crippen MR) is 96.7 cm³/mol. The van der Waals surface area contributed by atoms with E-state index in [1.54, 1.807) is 7.11 Å². The summed E-state index contributed by atoms with van der Waals surface area (Å²) < 4.78 is 7.34. The molecule has 1 aliphatic rings. The Hall–Kier alpha value is -2.70. The lowest BCUT2D eigenvalue weighted by Gasteiger charge is -2.14. The molecule has 25 heavy (non-hydrogen) atoms. The van der Waals surface area contributed by atoms with Crippen molar-refractivity contribution >= 4 is 17.3 Å². The number of hydrogen-bond donors (Lipinski definition) is 1. The van der Waals surface area contributed by atoms with Crippen molar-refractivity contribution in [3.63, 3.8) is 0 Å². The minimum atomic E-state index is -0.620. The topological polar surface area (TPSA) is 78.3 Å². The second-order valence-electron chi connectivity index (χ2n) is 5.75. The molecule has 4 rings (SSSR count). The molecule has 1 aromatic heterocycles. The lowest BCUT2D eigenvalue weighted by atomic mass is 10.00. The predicted octanol–water partition coefficient (Wildman–Crippen LogP) is 3.05. The number of rotatable bonds is 2. The summed E-state index contributed by atoms with van der Waals surface area (Å²) in [7, 11) is 1.64. The molecule has 0 radical (unpaired) electrons. The highest BCUT2D eigenvalue weighted by Gasteiger charge is 2.26. The lowest BCUT2D eigenvalue weighted by Crippen LogP contribution is -2.13. The second kappa shape index (κ2) is 5.98. The largest absolute Gasteiger partial charge is 0.497 e. The number of nitrogens with zero attached hydrogens (tertiary/aromatic N) is 4. The van der Waals surface area contributed by atoms with Crippen molar-refractivity contribution < 1.29 is 4.74 Å². The maximum absolute atomic E-state index is 6.30. The SMILES string of the molecule is COc1ccc2c(c1)C(c1ccc(Cl)cc1)=NC(N)c1nnc(C)n1-2. The van der Waals surface area contributed by atoms with Gasteiger partial charge in [0.25, 0.3) is 0 Å². The number of fused-ring (bicyclic) bond motifs is 3. The fourth-order valence-electron chi connectivity index (χ4n) is 3.00. The highest BCUT2D eigenvalue weighted by molar-refractivity contribution is 6.30. The summed E-state index contributed by atoms with van der Waals surface area (Å²) in [6.07, 6.45) is -0.620. The maximum atomic E-state index is 6.30. The fraction of sp³-hybridized carbons (Fsp3) is 0.167. The lowest BCUT2D eigenvalue weighted by molar-refractivity contribution is 0.414. The van der Waals surface area contributed by atoms with E-state index in [1.807, 2.05) is 54.0 Å². The van der Waals surface area contributed by atoms with Gasteiger partial charge in [-0.05, 0) is 37.3 Å². The summed E-state index contributed by atoms with van der Waals surface area (Å²) in [5.74, 6) is 2.10. The smallest absolute Gasteiger partial charge is 0.177 e. The van der Waals surface area contributed by atoms with E-state index in [2.05, 4.69) is 10.2 Å². The normalized spacial score (nSPS) is 15.8. The van der Waals surface area contributed by atoms with E-state index in [9.17, 15) is 0 Å². The van der Waals surface area contributed by atoms with Crippen LogP contribution < -0.4 is 10.5 Å². The van der Waals surface area contributed by atoms with Gasteiger partial charge in [-0.1, -0.05) is 23.7 Å². The van der Waals surface area contributed by atoms with Gasteiger partial charge < -0.3 is 10.5 Å². The molecule has 0 spiro atoms. The van der Waals surface area contributed by atoms with Crippen LogP contribution in [-0.2, 0) is 0 Å². The summed E-state index contributed by atoms with van der Waals surface area (Å²) in [6.45, 7) is 1.89. The Bertz CT molecular complexity index is 978. The van der Waals surface area contributed by atoms with E-state index in [0.717, 1.165) is 34.1 Å². The molecule has 7 heteroatoms. The van der Waals surface area contributed by atoms with Gasteiger partial charge in [0.15, 0.2) is 12.0 Å². The molecule has 126 valence electrons. The molecule has 3 aromatic rings. The van der Waals surface area contributed by atoms with Gasteiger partial charge in [0, 0.05) is 16.1 Å². The summed E-state index contributed by atoms with van der Waals surface area (Å²) in [4.78, 5) is 4.72. The van der Waals surface area contributed by atoms with Crippen LogP contribution in [0.15, 0.2) is 47.5 Å². The molecule has 0 saturated heterocycles. The standard InChI is InChI=1S/C18H16ClN5O/c1-10-22-23-18-17(20)21-16(11-3-5-12(19)6-4-11)14-9-13(25-2)7-8-15(14)24(10)18/h3-9,17H,20H2,1-2H3. The van der Waals surface area contributed by atoms with Crippen LogP contribution in [0.25, 0.3) is 5.69 Å². The van der Waals surface area contributed by atoms with Gasteiger partial charge in [-0.15, -0.1) is 10.2 Å². The van der Waals surface area contributed by atoms with Gasteiger partial charge in [-0.25, -0.2) is 0 Å². The number of aliphatic imine (C=N–C) groups is 1. The van der Waals surface area contributed by atoms with Crippen LogP contribution in [0.5, 0.6) is 5.75 Å². The van der Waals surface area contributed by atoms with Gasteiger partial charge in [0.2, 0.25) is 0 Å². The Morgan fingerprint density at radius 3 is 2.60 bits per heavy atom. The van der Waals surface area contributed by atoms with E-state index in [1.165, 1.54) is 0 Å². The van der Waals surface area contributed by atoms with Gasteiger partial charge >= 0.3 is 0 Å². The quantitative estimate of drug-likeness (QED) is 0.768. The average molecular weight is 354 g/mol. The summed E-state index contributed by atoms with van der Waals surface area (Å²) >= 11 is 6.03. The van der Waals surface area contributed by atoms with Crippen molar-refractivity contribution in [2.75, 3.05) is 7.11 Å². The molecular weight excluding hydrogens is 338 g/mol. The third-order valence-corrected chi connectivity index (χ3v) is 4.45. The van der Waals surface area contributed by atoms with Crippen LogP contribution >= 0.6 is 11.6 Å². The van der Waals surface area contributed by atoms with Crippen LogP contribution in [0.2, 0.25) is 5.02 Å². The molecule has 0 amide bonds.